The van der Waals surface area contributed by atoms with Crippen LogP contribution in [0.2, 0.25) is 0 Å². The molecule has 39 heavy (non-hydrogen) atoms. The Morgan fingerprint density at radius 1 is 0.564 bits per heavy atom. The Hall–Kier alpha value is -0.906. The molecule has 0 heterocycles. The second-order valence-electron chi connectivity index (χ2n) is 12.1. The first-order valence-corrected chi connectivity index (χ1v) is 18.9. The van der Waals surface area contributed by atoms with Crippen molar-refractivity contribution >= 4 is 48.0 Å². The van der Waals surface area contributed by atoms with E-state index >= 15 is 0 Å². The number of fused-ring (bicyclic) bond motifs is 2. The number of halogens is 2. The second-order valence-corrected chi connectivity index (χ2v) is 17.0. The summed E-state index contributed by atoms with van der Waals surface area (Å²) < 4.78 is 19.5. The van der Waals surface area contributed by atoms with Crippen LogP contribution in [0.3, 0.4) is 0 Å². The van der Waals surface area contributed by atoms with E-state index in [1.807, 2.05) is 0 Å². The van der Waals surface area contributed by atoms with Crippen LogP contribution in [-0.2, 0) is 20.2 Å². The fraction of sp³-hybridized carbons (Fsp3) is 0.471. The maximum atomic E-state index is 9.75. The zero-order valence-corrected chi connectivity index (χ0v) is 28.6. The molecule has 214 valence electrons. The normalized spacial score (nSPS) is 11.6. The van der Waals surface area contributed by atoms with Gasteiger partial charge in [-0.15, -0.1) is 80.7 Å². The topological polar surface area (TPSA) is 0 Å². The van der Waals surface area contributed by atoms with E-state index in [1.165, 1.54) is 46.2 Å². The van der Waals surface area contributed by atoms with Crippen molar-refractivity contribution in [3.05, 3.63) is 72.8 Å². The van der Waals surface area contributed by atoms with E-state index in [-0.39, 0.29) is 15.8 Å². The summed E-state index contributed by atoms with van der Waals surface area (Å²) >= 11 is -2.50. The van der Waals surface area contributed by atoms with Gasteiger partial charge in [-0.05, 0) is 48.3 Å². The van der Waals surface area contributed by atoms with Crippen LogP contribution in [-0.4, -0.2) is 24.6 Å². The van der Waals surface area contributed by atoms with Crippen LogP contribution in [0, 0.1) is 23.7 Å². The second kappa shape index (κ2) is 17.8. The fourth-order valence-corrected chi connectivity index (χ4v) is 10.9. The molecular weight excluding hydrogens is 556 g/mol. The van der Waals surface area contributed by atoms with Gasteiger partial charge in [0.05, 0.1) is 0 Å². The molecule has 0 saturated carbocycles. The molecule has 4 rings (SSSR count). The van der Waals surface area contributed by atoms with Gasteiger partial charge >= 0.3 is 26.4 Å². The van der Waals surface area contributed by atoms with E-state index in [9.17, 15) is 6.18 Å². The molecule has 0 amide bonds. The maximum absolute atomic E-state index is 9.75. The van der Waals surface area contributed by atoms with Gasteiger partial charge in [0, 0.05) is 0 Å². The first-order valence-electron chi connectivity index (χ1n) is 14.3. The summed E-state index contributed by atoms with van der Waals surface area (Å²) in [5, 5.41) is 8.85. The van der Waals surface area contributed by atoms with Crippen molar-refractivity contribution in [2.75, 3.05) is 24.6 Å². The molecule has 0 N–H and O–H groups in total. The Morgan fingerprint density at radius 2 is 0.846 bits per heavy atom. The van der Waals surface area contributed by atoms with Crippen molar-refractivity contribution in [3.8, 4) is 0 Å². The molecule has 0 bridgehead atoms. The van der Waals surface area contributed by atoms with E-state index in [2.05, 4.69) is 128 Å². The Balaban J connectivity index is 0.000000249. The molecule has 0 aliphatic rings. The predicted octanol–water partition coefficient (Wildman–Crippen LogP) is 10.8. The first kappa shape index (κ1) is 34.3. The molecule has 0 radical (unpaired) electrons. The van der Waals surface area contributed by atoms with Crippen LogP contribution in [0.25, 0.3) is 21.5 Å². The molecule has 0 nitrogen and oxygen atoms in total. The van der Waals surface area contributed by atoms with Crippen LogP contribution in [0.4, 0.5) is 6.18 Å². The molecule has 0 aliphatic carbocycles. The van der Waals surface area contributed by atoms with Crippen LogP contribution in [0.1, 0.15) is 55.4 Å². The number of benzene rings is 2. The fourth-order valence-electron chi connectivity index (χ4n) is 4.97. The van der Waals surface area contributed by atoms with Crippen molar-refractivity contribution in [3.63, 3.8) is 0 Å². The molecule has 0 spiro atoms. The van der Waals surface area contributed by atoms with Gasteiger partial charge in [-0.2, -0.15) is 12.1 Å². The van der Waals surface area contributed by atoms with Crippen LogP contribution < -0.4 is 10.6 Å². The third-order valence-electron chi connectivity index (χ3n) is 6.28. The minimum atomic E-state index is -2.50. The standard InChI is InChI=1S/2C17H24P.2FH.Ti/c2*1-13(2)11-18(12-14(3)4)17-9-15-7-5-6-8-16(15)10-17;;;/h2*5-10,13-14H,11-12H2,1-4H3;2*1H;/q2*-1;;;+2/p-2. The van der Waals surface area contributed by atoms with Gasteiger partial charge in [-0.3, -0.25) is 0 Å². The van der Waals surface area contributed by atoms with Gasteiger partial charge in [0.1, 0.15) is 0 Å². The first-order chi connectivity index (χ1) is 18.5. The summed E-state index contributed by atoms with van der Waals surface area (Å²) in [7, 11) is 0.0370. The van der Waals surface area contributed by atoms with Crippen LogP contribution in [0.5, 0.6) is 0 Å². The Kier molecular flexibility index (Phi) is 15.7. The van der Waals surface area contributed by atoms with Crippen molar-refractivity contribution in [1.29, 1.82) is 0 Å². The van der Waals surface area contributed by atoms with Gasteiger partial charge in [-0.1, -0.05) is 83.4 Å². The average molecular weight is 605 g/mol. The van der Waals surface area contributed by atoms with E-state index < -0.39 is 20.2 Å². The summed E-state index contributed by atoms with van der Waals surface area (Å²) in [6.07, 6.45) is 5.46. The average Bonchev–Trinajstić information content (AvgIpc) is 3.47. The molecule has 4 aromatic carbocycles. The molecule has 0 aliphatic heterocycles. The summed E-state index contributed by atoms with van der Waals surface area (Å²) in [5.41, 5.74) is 0. The van der Waals surface area contributed by atoms with Gasteiger partial charge < -0.3 is 0 Å². The van der Waals surface area contributed by atoms with Crippen molar-refractivity contribution in [2.24, 2.45) is 23.7 Å². The van der Waals surface area contributed by atoms with Gasteiger partial charge in [0.25, 0.3) is 0 Å². The van der Waals surface area contributed by atoms with Crippen LogP contribution >= 0.6 is 15.8 Å². The zero-order chi connectivity index (χ0) is 28.9. The van der Waals surface area contributed by atoms with E-state index in [1.54, 1.807) is 10.6 Å². The summed E-state index contributed by atoms with van der Waals surface area (Å²) in [6, 6.07) is 27.2. The van der Waals surface area contributed by atoms with Crippen molar-refractivity contribution in [2.45, 2.75) is 55.4 Å². The third-order valence-corrected chi connectivity index (χ3v) is 12.9. The monoisotopic (exact) mass is 604 g/mol. The molecule has 5 heteroatoms. The van der Waals surface area contributed by atoms with Gasteiger partial charge in [0.15, 0.2) is 0 Å². The van der Waals surface area contributed by atoms with Gasteiger partial charge in [-0.25, -0.2) is 0 Å². The molecular formula is C34H48F2P2Ti-2. The van der Waals surface area contributed by atoms with Crippen molar-refractivity contribution in [1.82, 2.24) is 0 Å². The Bertz CT molecular complexity index is 1030. The molecule has 0 saturated heterocycles. The van der Waals surface area contributed by atoms with Gasteiger partial charge in [0.2, 0.25) is 0 Å². The summed E-state index contributed by atoms with van der Waals surface area (Å²) in [5.74, 6) is 3.20. The van der Waals surface area contributed by atoms with Crippen molar-refractivity contribution < 1.29 is 26.4 Å². The third kappa shape index (κ3) is 12.2. The van der Waals surface area contributed by atoms with E-state index in [0.29, 0.717) is 0 Å². The van der Waals surface area contributed by atoms with E-state index in [4.69, 9.17) is 0 Å². The SMILES string of the molecule is CC(C)CP(CC(C)C)c1cc2ccccc2[cH-]1.CC(C)CP(CC(C)C)c1cc2ccccc2[cH-]1.[F][Ti][F]. The Labute approximate surface area is 249 Å². The summed E-state index contributed by atoms with van der Waals surface area (Å²) in [6.45, 7) is 18.8. The molecule has 0 aromatic heterocycles. The number of hydrogen-bond donors (Lipinski definition) is 0. The number of rotatable bonds is 10. The molecule has 4 aromatic rings. The summed E-state index contributed by atoms with van der Waals surface area (Å²) in [4.78, 5) is 0. The Morgan fingerprint density at radius 3 is 1.10 bits per heavy atom. The number of hydrogen-bond acceptors (Lipinski definition) is 0. The zero-order valence-electron chi connectivity index (χ0n) is 25.2. The van der Waals surface area contributed by atoms with Crippen LogP contribution in [0.15, 0.2) is 72.8 Å². The minimum absolute atomic E-state index is 0.0185. The molecule has 0 atom stereocenters. The van der Waals surface area contributed by atoms with E-state index in [0.717, 1.165) is 23.7 Å². The molecule has 0 unspecified atom stereocenters. The quantitative estimate of drug-likeness (QED) is 0.0960. The predicted molar refractivity (Wildman–Crippen MR) is 173 cm³/mol. The molecule has 0 fully saturated rings.